The first-order valence-electron chi connectivity index (χ1n) is 6.90. The van der Waals surface area contributed by atoms with E-state index in [1.165, 1.54) is 28.2 Å². The molecule has 0 amide bonds. The number of nitrogens with one attached hydrogen (secondary N) is 1. The third kappa shape index (κ3) is 3.84. The predicted molar refractivity (Wildman–Crippen MR) is 87.4 cm³/mol. The van der Waals surface area contributed by atoms with Gasteiger partial charge in [-0.2, -0.15) is 0 Å². The highest BCUT2D eigenvalue weighted by molar-refractivity contribution is 9.10. The second-order valence-corrected chi connectivity index (χ2v) is 7.45. The van der Waals surface area contributed by atoms with E-state index in [9.17, 15) is 0 Å². The fraction of sp³-hybridized carbons (Fsp3) is 0.375. The van der Waals surface area contributed by atoms with E-state index < -0.39 is 0 Å². The van der Waals surface area contributed by atoms with E-state index in [0.29, 0.717) is 6.61 Å². The zero-order chi connectivity index (χ0) is 13.9. The highest BCUT2D eigenvalue weighted by Gasteiger charge is 2.20. The predicted octanol–water partition coefficient (Wildman–Crippen LogP) is 4.65. The van der Waals surface area contributed by atoms with Gasteiger partial charge in [0.2, 0.25) is 0 Å². The molecule has 106 valence electrons. The van der Waals surface area contributed by atoms with Gasteiger partial charge in [-0.3, -0.25) is 0 Å². The molecule has 0 spiro atoms. The minimum absolute atomic E-state index is 0.641. The molecule has 1 aromatic heterocycles. The van der Waals surface area contributed by atoms with Crippen molar-refractivity contribution in [2.24, 2.45) is 0 Å². The van der Waals surface area contributed by atoms with Gasteiger partial charge in [0.05, 0.1) is 0 Å². The van der Waals surface area contributed by atoms with Crippen LogP contribution in [0.3, 0.4) is 0 Å². The third-order valence-electron chi connectivity index (χ3n) is 3.40. The van der Waals surface area contributed by atoms with Gasteiger partial charge in [-0.1, -0.05) is 22.0 Å². The molecule has 0 radical (unpaired) electrons. The molecule has 2 nitrogen and oxygen atoms in total. The van der Waals surface area contributed by atoms with Crippen molar-refractivity contribution in [3.63, 3.8) is 0 Å². The maximum atomic E-state index is 5.86. The lowest BCUT2D eigenvalue weighted by Crippen LogP contribution is -2.14. The summed E-state index contributed by atoms with van der Waals surface area (Å²) in [5.74, 6) is 0.905. The number of aryl methyl sites for hydroxylation is 1. The smallest absolute Gasteiger partial charge is 0.120 e. The van der Waals surface area contributed by atoms with Crippen molar-refractivity contribution in [2.45, 2.75) is 39.0 Å². The molecule has 0 unspecified atom stereocenters. The molecule has 0 aliphatic heterocycles. The normalized spacial score (nSPS) is 14.5. The molecule has 4 heteroatoms. The Morgan fingerprint density at radius 2 is 2.20 bits per heavy atom. The summed E-state index contributed by atoms with van der Waals surface area (Å²) in [6.45, 7) is 3.81. The van der Waals surface area contributed by atoms with E-state index in [0.717, 1.165) is 22.8 Å². The average Bonchev–Trinajstić information content (AvgIpc) is 3.18. The van der Waals surface area contributed by atoms with Crippen molar-refractivity contribution >= 4 is 27.3 Å². The van der Waals surface area contributed by atoms with Crippen LogP contribution in [0.2, 0.25) is 0 Å². The van der Waals surface area contributed by atoms with Crippen molar-refractivity contribution < 1.29 is 4.74 Å². The minimum Gasteiger partial charge on any atom is -0.489 e. The summed E-state index contributed by atoms with van der Waals surface area (Å²) in [5, 5.41) is 3.56. The Bertz CT molecular complexity index is 592. The molecule has 1 saturated carbocycles. The van der Waals surface area contributed by atoms with Gasteiger partial charge in [-0.25, -0.2) is 0 Å². The van der Waals surface area contributed by atoms with Crippen LogP contribution in [0, 0.1) is 6.92 Å². The van der Waals surface area contributed by atoms with Crippen LogP contribution in [0.5, 0.6) is 5.75 Å². The Labute approximate surface area is 132 Å². The van der Waals surface area contributed by atoms with Gasteiger partial charge in [-0.05, 0) is 44.0 Å². The SMILES string of the molecule is Cc1sc(CNC2CC2)cc1COc1cccc(Br)c1. The van der Waals surface area contributed by atoms with Crippen molar-refractivity contribution in [1.29, 1.82) is 0 Å². The molecule has 1 heterocycles. The van der Waals surface area contributed by atoms with Gasteiger partial charge in [0.25, 0.3) is 0 Å². The van der Waals surface area contributed by atoms with Gasteiger partial charge in [0, 0.05) is 32.4 Å². The summed E-state index contributed by atoms with van der Waals surface area (Å²) in [7, 11) is 0. The molecule has 1 aromatic carbocycles. The number of ether oxygens (including phenoxy) is 1. The van der Waals surface area contributed by atoms with Crippen LogP contribution in [0.25, 0.3) is 0 Å². The Balaban J connectivity index is 1.58. The van der Waals surface area contributed by atoms with E-state index in [1.807, 2.05) is 35.6 Å². The summed E-state index contributed by atoms with van der Waals surface area (Å²) in [6, 6.07) is 11.0. The van der Waals surface area contributed by atoms with Crippen LogP contribution in [0.4, 0.5) is 0 Å². The van der Waals surface area contributed by atoms with Crippen molar-refractivity contribution in [3.05, 3.63) is 50.1 Å². The zero-order valence-corrected chi connectivity index (χ0v) is 13.9. The molecule has 3 rings (SSSR count). The molecule has 20 heavy (non-hydrogen) atoms. The molecule has 1 N–H and O–H groups in total. The van der Waals surface area contributed by atoms with E-state index in [4.69, 9.17) is 4.74 Å². The number of hydrogen-bond donors (Lipinski definition) is 1. The molecule has 0 bridgehead atoms. The first kappa shape index (κ1) is 14.1. The van der Waals surface area contributed by atoms with Crippen molar-refractivity contribution in [2.75, 3.05) is 0 Å². The quantitative estimate of drug-likeness (QED) is 0.817. The number of benzene rings is 1. The fourth-order valence-corrected chi connectivity index (χ4v) is 3.45. The summed E-state index contributed by atoms with van der Waals surface area (Å²) in [4.78, 5) is 2.76. The number of rotatable bonds is 6. The van der Waals surface area contributed by atoms with Gasteiger partial charge in [-0.15, -0.1) is 11.3 Å². The minimum atomic E-state index is 0.641. The van der Waals surface area contributed by atoms with Crippen molar-refractivity contribution in [3.8, 4) is 5.75 Å². The zero-order valence-electron chi connectivity index (χ0n) is 11.5. The van der Waals surface area contributed by atoms with E-state index >= 15 is 0 Å². The second-order valence-electron chi connectivity index (χ2n) is 5.20. The van der Waals surface area contributed by atoms with Crippen LogP contribution < -0.4 is 10.1 Å². The van der Waals surface area contributed by atoms with Gasteiger partial charge in [0.15, 0.2) is 0 Å². The van der Waals surface area contributed by atoms with Crippen LogP contribution >= 0.6 is 27.3 Å². The summed E-state index contributed by atoms with van der Waals surface area (Å²) >= 11 is 5.33. The Kier molecular flexibility index (Phi) is 4.44. The summed E-state index contributed by atoms with van der Waals surface area (Å²) in [6.07, 6.45) is 2.67. The van der Waals surface area contributed by atoms with Crippen molar-refractivity contribution in [1.82, 2.24) is 5.32 Å². The maximum absolute atomic E-state index is 5.86. The van der Waals surface area contributed by atoms with Crippen LogP contribution in [0.15, 0.2) is 34.8 Å². The molecular formula is C16H18BrNOS. The van der Waals surface area contributed by atoms with Crippen LogP contribution in [-0.2, 0) is 13.2 Å². The van der Waals surface area contributed by atoms with E-state index in [-0.39, 0.29) is 0 Å². The monoisotopic (exact) mass is 351 g/mol. The number of thiophene rings is 1. The molecule has 2 aromatic rings. The van der Waals surface area contributed by atoms with E-state index in [1.54, 1.807) is 0 Å². The second kappa shape index (κ2) is 6.29. The third-order valence-corrected chi connectivity index (χ3v) is 4.99. The Hall–Kier alpha value is -0.840. The summed E-state index contributed by atoms with van der Waals surface area (Å²) < 4.78 is 6.91. The van der Waals surface area contributed by atoms with Gasteiger partial charge >= 0.3 is 0 Å². The van der Waals surface area contributed by atoms with Gasteiger partial charge in [0.1, 0.15) is 12.4 Å². The lowest BCUT2D eigenvalue weighted by molar-refractivity contribution is 0.306. The molecule has 1 fully saturated rings. The number of hydrogen-bond acceptors (Lipinski definition) is 3. The molecular weight excluding hydrogens is 334 g/mol. The van der Waals surface area contributed by atoms with E-state index in [2.05, 4.69) is 34.2 Å². The lowest BCUT2D eigenvalue weighted by atomic mass is 10.2. The Morgan fingerprint density at radius 1 is 1.35 bits per heavy atom. The topological polar surface area (TPSA) is 21.3 Å². The average molecular weight is 352 g/mol. The summed E-state index contributed by atoms with van der Waals surface area (Å²) in [5.41, 5.74) is 1.29. The van der Waals surface area contributed by atoms with Crippen LogP contribution in [0.1, 0.15) is 28.2 Å². The first-order chi connectivity index (χ1) is 9.70. The molecule has 1 aliphatic carbocycles. The fourth-order valence-electron chi connectivity index (χ4n) is 2.07. The standard InChI is InChI=1S/C16H18BrNOS/c1-11-12(7-16(20-11)9-18-14-5-6-14)10-19-15-4-2-3-13(17)8-15/h2-4,7-8,14,18H,5-6,9-10H2,1H3. The van der Waals surface area contributed by atoms with Crippen LogP contribution in [-0.4, -0.2) is 6.04 Å². The first-order valence-corrected chi connectivity index (χ1v) is 8.51. The molecule has 1 aliphatic rings. The number of halogens is 1. The molecule has 0 saturated heterocycles. The highest BCUT2D eigenvalue weighted by atomic mass is 79.9. The highest BCUT2D eigenvalue weighted by Crippen LogP contribution is 2.26. The molecule has 0 atom stereocenters. The largest absolute Gasteiger partial charge is 0.489 e. The van der Waals surface area contributed by atoms with Gasteiger partial charge < -0.3 is 10.1 Å². The Morgan fingerprint density at radius 3 is 2.95 bits per heavy atom. The maximum Gasteiger partial charge on any atom is 0.120 e. The lowest BCUT2D eigenvalue weighted by Gasteiger charge is -2.05.